The molecule has 9 heteroatoms. The zero-order valence-corrected chi connectivity index (χ0v) is 17.7. The minimum Gasteiger partial charge on any atom is -0.490 e. The Balaban J connectivity index is 1.78. The van der Waals surface area contributed by atoms with Crippen LogP contribution in [0.2, 0.25) is 20.1 Å². The van der Waals surface area contributed by atoms with Gasteiger partial charge in [0.2, 0.25) is 0 Å². The average molecular weight is 462 g/mol. The van der Waals surface area contributed by atoms with Crippen LogP contribution in [-0.2, 0) is 5.75 Å². The summed E-state index contributed by atoms with van der Waals surface area (Å²) in [6, 6.07) is 10.4. The minimum absolute atomic E-state index is 0.280. The van der Waals surface area contributed by atoms with Crippen LogP contribution in [0.4, 0.5) is 0 Å². The summed E-state index contributed by atoms with van der Waals surface area (Å²) in [5, 5.41) is 2.38. The molecule has 27 heavy (non-hydrogen) atoms. The van der Waals surface area contributed by atoms with E-state index in [1.54, 1.807) is 30.5 Å². The van der Waals surface area contributed by atoms with Gasteiger partial charge in [-0.3, -0.25) is 0 Å². The second-order valence-corrected chi connectivity index (χ2v) is 7.81. The number of hydrogen-bond acceptors (Lipinski definition) is 5. The Hall–Kier alpha value is -1.37. The van der Waals surface area contributed by atoms with Crippen LogP contribution in [-0.4, -0.2) is 17.1 Å². The van der Waals surface area contributed by atoms with Crippen molar-refractivity contribution in [2.75, 3.05) is 7.11 Å². The van der Waals surface area contributed by atoms with Crippen LogP contribution in [0.5, 0.6) is 17.4 Å². The van der Waals surface area contributed by atoms with Crippen molar-refractivity contribution < 1.29 is 9.47 Å². The molecule has 0 N–H and O–H groups in total. The Labute approximate surface area is 180 Å². The highest BCUT2D eigenvalue weighted by atomic mass is 35.5. The monoisotopic (exact) mass is 460 g/mol. The van der Waals surface area contributed by atoms with Gasteiger partial charge in [-0.25, -0.2) is 4.98 Å². The number of thioether (sulfide) groups is 1. The minimum atomic E-state index is 0.280. The van der Waals surface area contributed by atoms with Gasteiger partial charge < -0.3 is 9.47 Å². The molecule has 0 atom stereocenters. The van der Waals surface area contributed by atoms with Gasteiger partial charge in [0.05, 0.1) is 33.4 Å². The average Bonchev–Trinajstić information content (AvgIpc) is 2.66. The molecule has 0 radical (unpaired) electrons. The molecular weight excluding hydrogens is 450 g/mol. The van der Waals surface area contributed by atoms with Crippen molar-refractivity contribution in [1.82, 2.24) is 9.97 Å². The molecule has 0 bridgehead atoms. The summed E-state index contributed by atoms with van der Waals surface area (Å²) in [6.07, 6.45) is 1.55. The molecule has 140 valence electrons. The highest BCUT2D eigenvalue weighted by molar-refractivity contribution is 7.98. The van der Waals surface area contributed by atoms with E-state index in [0.717, 1.165) is 5.56 Å². The number of aromatic nitrogens is 2. The number of methoxy groups -OCH3 is 1. The van der Waals surface area contributed by atoms with Gasteiger partial charge in [-0.2, -0.15) is 4.98 Å². The standard InChI is InChI=1S/C18H12Cl4N2O2S/c1-25-16-8-23-18(27-9-10-2-4-12(19)14(21)6-10)24-17(16)26-11-3-5-13(20)15(22)7-11/h2-8H,9H2,1H3. The molecule has 0 aliphatic rings. The fourth-order valence-electron chi connectivity index (χ4n) is 2.05. The molecular formula is C18H12Cl4N2O2S. The summed E-state index contributed by atoms with van der Waals surface area (Å²) >= 11 is 25.4. The van der Waals surface area contributed by atoms with E-state index in [1.807, 2.05) is 12.1 Å². The maximum Gasteiger partial charge on any atom is 0.266 e. The third-order valence-corrected chi connectivity index (χ3v) is 5.79. The van der Waals surface area contributed by atoms with Gasteiger partial charge >= 0.3 is 0 Å². The maximum atomic E-state index is 6.05. The number of benzene rings is 2. The van der Waals surface area contributed by atoms with Gasteiger partial charge in [0.15, 0.2) is 10.9 Å². The predicted octanol–water partition coefficient (Wildman–Crippen LogP) is 7.18. The Morgan fingerprint density at radius 1 is 0.926 bits per heavy atom. The number of ether oxygens (including phenoxy) is 2. The van der Waals surface area contributed by atoms with E-state index >= 15 is 0 Å². The Morgan fingerprint density at radius 3 is 2.30 bits per heavy atom. The lowest BCUT2D eigenvalue weighted by molar-refractivity contribution is 0.363. The first-order valence-electron chi connectivity index (χ1n) is 7.57. The van der Waals surface area contributed by atoms with E-state index in [9.17, 15) is 0 Å². The third kappa shape index (κ3) is 5.33. The Morgan fingerprint density at radius 2 is 1.63 bits per heavy atom. The van der Waals surface area contributed by atoms with Gasteiger partial charge in [-0.15, -0.1) is 0 Å². The Kier molecular flexibility index (Phi) is 6.95. The zero-order valence-electron chi connectivity index (χ0n) is 13.9. The van der Waals surface area contributed by atoms with E-state index in [0.29, 0.717) is 42.5 Å². The van der Waals surface area contributed by atoms with Crippen molar-refractivity contribution in [1.29, 1.82) is 0 Å². The van der Waals surface area contributed by atoms with Crippen LogP contribution in [0.15, 0.2) is 47.8 Å². The van der Waals surface area contributed by atoms with Gasteiger partial charge in [0.25, 0.3) is 5.88 Å². The lowest BCUT2D eigenvalue weighted by atomic mass is 10.2. The summed E-state index contributed by atoms with van der Waals surface area (Å²) in [4.78, 5) is 8.69. The zero-order chi connectivity index (χ0) is 19.4. The molecule has 0 fully saturated rings. The maximum absolute atomic E-state index is 6.05. The molecule has 3 rings (SSSR count). The molecule has 0 saturated heterocycles. The first-order chi connectivity index (χ1) is 13.0. The largest absolute Gasteiger partial charge is 0.490 e. The number of halogens is 4. The van der Waals surface area contributed by atoms with Crippen molar-refractivity contribution in [2.45, 2.75) is 10.9 Å². The number of hydrogen-bond donors (Lipinski definition) is 0. The fraction of sp³-hybridized carbons (Fsp3) is 0.111. The van der Waals surface area contributed by atoms with Gasteiger partial charge in [-0.1, -0.05) is 64.2 Å². The number of nitrogens with zero attached hydrogens (tertiary/aromatic N) is 2. The summed E-state index contributed by atoms with van der Waals surface area (Å²) in [5.41, 5.74) is 1.00. The first-order valence-corrected chi connectivity index (χ1v) is 10.1. The molecule has 3 aromatic rings. The lowest BCUT2D eigenvalue weighted by Crippen LogP contribution is -1.97. The smallest absolute Gasteiger partial charge is 0.266 e. The second-order valence-electron chi connectivity index (χ2n) is 5.24. The molecule has 0 aliphatic heterocycles. The van der Waals surface area contributed by atoms with Gasteiger partial charge in [0.1, 0.15) is 5.75 Å². The van der Waals surface area contributed by atoms with Crippen LogP contribution in [0.25, 0.3) is 0 Å². The van der Waals surface area contributed by atoms with Crippen LogP contribution in [0.3, 0.4) is 0 Å². The summed E-state index contributed by atoms with van der Waals surface area (Å²) in [7, 11) is 1.52. The molecule has 0 spiro atoms. The number of rotatable bonds is 6. The normalized spacial score (nSPS) is 10.7. The molecule has 2 aromatic carbocycles. The van der Waals surface area contributed by atoms with Crippen LogP contribution in [0, 0.1) is 0 Å². The topological polar surface area (TPSA) is 44.2 Å². The highest BCUT2D eigenvalue weighted by Crippen LogP contribution is 2.34. The van der Waals surface area contributed by atoms with E-state index in [4.69, 9.17) is 55.9 Å². The molecule has 1 heterocycles. The van der Waals surface area contributed by atoms with E-state index < -0.39 is 0 Å². The van der Waals surface area contributed by atoms with Crippen LogP contribution in [0.1, 0.15) is 5.56 Å². The van der Waals surface area contributed by atoms with E-state index in [-0.39, 0.29) is 5.88 Å². The SMILES string of the molecule is COc1cnc(SCc2ccc(Cl)c(Cl)c2)nc1Oc1ccc(Cl)c(Cl)c1. The second kappa shape index (κ2) is 9.22. The van der Waals surface area contributed by atoms with Gasteiger partial charge in [0, 0.05) is 11.8 Å². The van der Waals surface area contributed by atoms with Crippen molar-refractivity contribution in [3.05, 3.63) is 68.2 Å². The summed E-state index contributed by atoms with van der Waals surface area (Å²) in [5.74, 6) is 1.79. The molecule has 4 nitrogen and oxygen atoms in total. The fourth-order valence-corrected chi connectivity index (χ4v) is 3.41. The predicted molar refractivity (Wildman–Crippen MR) is 111 cm³/mol. The molecule has 0 amide bonds. The molecule has 0 aliphatic carbocycles. The van der Waals surface area contributed by atoms with Crippen molar-refractivity contribution in [3.63, 3.8) is 0 Å². The highest BCUT2D eigenvalue weighted by Gasteiger charge is 2.12. The third-order valence-electron chi connectivity index (χ3n) is 3.38. The van der Waals surface area contributed by atoms with Crippen LogP contribution >= 0.6 is 58.2 Å². The summed E-state index contributed by atoms with van der Waals surface area (Å²) in [6.45, 7) is 0. The molecule has 0 unspecified atom stereocenters. The quantitative estimate of drug-likeness (QED) is 0.287. The summed E-state index contributed by atoms with van der Waals surface area (Å²) < 4.78 is 11.1. The van der Waals surface area contributed by atoms with Crippen LogP contribution < -0.4 is 9.47 Å². The van der Waals surface area contributed by atoms with Crippen molar-refractivity contribution in [3.8, 4) is 17.4 Å². The lowest BCUT2D eigenvalue weighted by Gasteiger charge is -2.11. The van der Waals surface area contributed by atoms with E-state index in [2.05, 4.69) is 9.97 Å². The molecule has 0 saturated carbocycles. The van der Waals surface area contributed by atoms with E-state index in [1.165, 1.54) is 18.9 Å². The Bertz CT molecular complexity index is 972. The first kappa shape index (κ1) is 20.4. The van der Waals surface area contributed by atoms with Crippen molar-refractivity contribution >= 4 is 58.2 Å². The van der Waals surface area contributed by atoms with Crippen molar-refractivity contribution in [2.24, 2.45) is 0 Å². The van der Waals surface area contributed by atoms with Gasteiger partial charge in [-0.05, 0) is 29.8 Å². The molecule has 1 aromatic heterocycles.